The van der Waals surface area contributed by atoms with E-state index in [0.29, 0.717) is 6.29 Å². The largest absolute Gasteiger partial charge is 0.394 e. The second-order valence-corrected chi connectivity index (χ2v) is 3.04. The molecule has 0 amide bonds. The van der Waals surface area contributed by atoms with Gasteiger partial charge in [-0.15, -0.1) is 0 Å². The first kappa shape index (κ1) is 11.9. The molecular weight excluding hydrogens is 182 g/mol. The molecule has 0 aromatic rings. The molecule has 0 saturated carbocycles. The van der Waals surface area contributed by atoms with E-state index >= 15 is 0 Å². The number of aliphatic hydroxyl groups excluding tert-OH is 3. The molecule has 0 rings (SSSR count). The summed E-state index contributed by atoms with van der Waals surface area (Å²) in [7, 11) is 0. The Hall–Kier alpha value is -0.140. The second-order valence-electron chi connectivity index (χ2n) is 2.44. The third-order valence-corrected chi connectivity index (χ3v) is 2.13. The number of aliphatic hydroxyl groups is 3. The highest BCUT2D eigenvalue weighted by Crippen LogP contribution is 2.08. The van der Waals surface area contributed by atoms with E-state index in [2.05, 4.69) is 12.6 Å². The van der Waals surface area contributed by atoms with Crippen LogP contribution in [0.25, 0.3) is 0 Å². The lowest BCUT2D eigenvalue weighted by Gasteiger charge is -2.23. The zero-order valence-corrected chi connectivity index (χ0v) is 7.26. The molecule has 0 spiro atoms. The summed E-state index contributed by atoms with van der Waals surface area (Å²) in [5.74, 6) is 0. The number of carbonyl (C=O) groups excluding carboxylic acids is 1. The summed E-state index contributed by atoms with van der Waals surface area (Å²) < 4.78 is 0. The summed E-state index contributed by atoms with van der Waals surface area (Å²) in [6, 6.07) is -0.954. The Morgan fingerprint density at radius 2 is 2.00 bits per heavy atom. The molecule has 0 heterocycles. The number of thiol groups is 1. The zero-order valence-electron chi connectivity index (χ0n) is 6.37. The number of rotatable bonds is 5. The molecule has 5 N–H and O–H groups in total. The third kappa shape index (κ3) is 3.08. The predicted octanol–water partition coefficient (Wildman–Crippen LogP) is -2.47. The molecule has 0 bridgehead atoms. The van der Waals surface area contributed by atoms with Crippen LogP contribution < -0.4 is 5.73 Å². The number of hydrogen-bond acceptors (Lipinski definition) is 6. The topological polar surface area (TPSA) is 104 Å². The van der Waals surface area contributed by atoms with E-state index in [4.69, 9.17) is 21.1 Å². The van der Waals surface area contributed by atoms with Crippen LogP contribution in [0.15, 0.2) is 0 Å². The van der Waals surface area contributed by atoms with Crippen LogP contribution in [-0.2, 0) is 4.79 Å². The van der Waals surface area contributed by atoms with Crippen molar-refractivity contribution in [3.05, 3.63) is 0 Å². The van der Waals surface area contributed by atoms with E-state index in [1.807, 2.05) is 0 Å². The minimum atomic E-state index is -1.32. The molecule has 0 aromatic heterocycles. The molecule has 0 aromatic carbocycles. The molecule has 0 unspecified atom stereocenters. The maximum atomic E-state index is 10.1. The average molecular weight is 195 g/mol. The molecule has 0 saturated heterocycles. The third-order valence-electron chi connectivity index (χ3n) is 1.48. The highest BCUT2D eigenvalue weighted by atomic mass is 32.1. The van der Waals surface area contributed by atoms with E-state index in [9.17, 15) is 4.79 Å². The van der Waals surface area contributed by atoms with Gasteiger partial charge in [0, 0.05) is 0 Å². The number of hydrogen-bond donors (Lipinski definition) is 5. The zero-order chi connectivity index (χ0) is 9.72. The monoisotopic (exact) mass is 195 g/mol. The first-order chi connectivity index (χ1) is 5.54. The molecule has 6 heteroatoms. The Labute approximate surface area is 75.6 Å². The summed E-state index contributed by atoms with van der Waals surface area (Å²) in [5.41, 5.74) is 5.21. The first-order valence-electron chi connectivity index (χ1n) is 3.40. The lowest BCUT2D eigenvalue weighted by molar-refractivity contribution is -0.109. The van der Waals surface area contributed by atoms with Crippen molar-refractivity contribution in [1.29, 1.82) is 0 Å². The molecule has 0 aliphatic rings. The van der Waals surface area contributed by atoms with Gasteiger partial charge in [0.25, 0.3) is 0 Å². The molecule has 5 nitrogen and oxygen atoms in total. The van der Waals surface area contributed by atoms with Crippen LogP contribution in [0.2, 0.25) is 0 Å². The van der Waals surface area contributed by atoms with Gasteiger partial charge in [-0.05, 0) is 0 Å². The maximum Gasteiger partial charge on any atom is 0.137 e. The predicted molar refractivity (Wildman–Crippen MR) is 45.9 cm³/mol. The van der Waals surface area contributed by atoms with Crippen LogP contribution in [0.5, 0.6) is 0 Å². The minimum absolute atomic E-state index is 0.422. The fraction of sp³-hybridized carbons (Fsp3) is 0.833. The Bertz CT molecular complexity index is 146. The molecule has 4 atom stereocenters. The van der Waals surface area contributed by atoms with Crippen molar-refractivity contribution in [2.45, 2.75) is 23.5 Å². The van der Waals surface area contributed by atoms with Gasteiger partial charge in [0.1, 0.15) is 12.4 Å². The molecular formula is C6H13NO4S. The molecule has 0 radical (unpaired) electrons. The van der Waals surface area contributed by atoms with Crippen molar-refractivity contribution in [3.8, 4) is 0 Å². The quantitative estimate of drug-likeness (QED) is 0.247. The summed E-state index contributed by atoms with van der Waals surface area (Å²) >= 11 is 3.82. The summed E-state index contributed by atoms with van der Waals surface area (Å²) in [5, 5.41) is 25.6. The van der Waals surface area contributed by atoms with Gasteiger partial charge in [0.2, 0.25) is 0 Å². The van der Waals surface area contributed by atoms with Gasteiger partial charge in [-0.3, -0.25) is 0 Å². The van der Waals surface area contributed by atoms with Crippen molar-refractivity contribution >= 4 is 18.9 Å². The Kier molecular flexibility index (Phi) is 5.43. The Morgan fingerprint density at radius 3 is 2.33 bits per heavy atom. The van der Waals surface area contributed by atoms with Crippen molar-refractivity contribution < 1.29 is 20.1 Å². The van der Waals surface area contributed by atoms with E-state index in [1.165, 1.54) is 0 Å². The van der Waals surface area contributed by atoms with Crippen LogP contribution >= 0.6 is 12.6 Å². The van der Waals surface area contributed by atoms with E-state index in [-0.39, 0.29) is 0 Å². The second kappa shape index (κ2) is 5.50. The maximum absolute atomic E-state index is 10.1. The molecule has 12 heavy (non-hydrogen) atoms. The van der Waals surface area contributed by atoms with Crippen molar-refractivity contribution in [3.63, 3.8) is 0 Å². The lowest BCUT2D eigenvalue weighted by Crippen LogP contribution is -2.47. The van der Waals surface area contributed by atoms with Gasteiger partial charge >= 0.3 is 0 Å². The van der Waals surface area contributed by atoms with Gasteiger partial charge in [-0.1, -0.05) is 0 Å². The molecule has 0 aliphatic heterocycles. The van der Waals surface area contributed by atoms with Crippen LogP contribution in [-0.4, -0.2) is 51.7 Å². The minimum Gasteiger partial charge on any atom is -0.394 e. The van der Waals surface area contributed by atoms with Gasteiger partial charge in [-0.2, -0.15) is 12.6 Å². The first-order valence-corrected chi connectivity index (χ1v) is 3.92. The Morgan fingerprint density at radius 1 is 1.50 bits per heavy atom. The summed E-state index contributed by atoms with van der Waals surface area (Å²) in [4.78, 5) is 10.1. The SMILES string of the molecule is N[C@@H](C=O)[C@@H](S)[C@H](O)[C@H](O)CO. The fourth-order valence-electron chi connectivity index (χ4n) is 0.644. The highest BCUT2D eigenvalue weighted by molar-refractivity contribution is 7.81. The van der Waals surface area contributed by atoms with Gasteiger partial charge < -0.3 is 25.8 Å². The van der Waals surface area contributed by atoms with Crippen molar-refractivity contribution in [1.82, 2.24) is 0 Å². The van der Waals surface area contributed by atoms with E-state index < -0.39 is 30.1 Å². The van der Waals surface area contributed by atoms with E-state index in [1.54, 1.807) is 0 Å². The molecule has 72 valence electrons. The summed E-state index contributed by atoms with van der Waals surface area (Å²) in [6.45, 7) is -0.593. The van der Waals surface area contributed by atoms with Crippen molar-refractivity contribution in [2.24, 2.45) is 5.73 Å². The fourth-order valence-corrected chi connectivity index (χ4v) is 0.913. The van der Waals surface area contributed by atoms with Gasteiger partial charge in [-0.25, -0.2) is 0 Å². The number of aldehydes is 1. The average Bonchev–Trinajstić information content (AvgIpc) is 2.12. The van der Waals surface area contributed by atoms with Gasteiger partial charge in [0.05, 0.1) is 24.0 Å². The lowest BCUT2D eigenvalue weighted by atomic mass is 10.1. The van der Waals surface area contributed by atoms with E-state index in [0.717, 1.165) is 0 Å². The standard InChI is InChI=1S/C6H13NO4S/c7-3(1-8)6(12)5(11)4(10)2-9/h1,3-6,9-12H,2,7H2/t3-,4+,5+,6+/m0/s1. The normalized spacial score (nSPS) is 21.1. The molecule has 0 fully saturated rings. The van der Waals surface area contributed by atoms with Gasteiger partial charge in [0.15, 0.2) is 0 Å². The number of nitrogens with two attached hydrogens (primary N) is 1. The number of carbonyl (C=O) groups is 1. The summed E-state index contributed by atoms with van der Waals surface area (Å²) in [6.07, 6.45) is -2.21. The Balaban J connectivity index is 4.07. The van der Waals surface area contributed by atoms with Crippen LogP contribution in [0, 0.1) is 0 Å². The van der Waals surface area contributed by atoms with Crippen LogP contribution in [0.3, 0.4) is 0 Å². The van der Waals surface area contributed by atoms with Crippen molar-refractivity contribution in [2.75, 3.05) is 6.61 Å². The van der Waals surface area contributed by atoms with Crippen LogP contribution in [0.1, 0.15) is 0 Å². The molecule has 0 aliphatic carbocycles. The van der Waals surface area contributed by atoms with Crippen LogP contribution in [0.4, 0.5) is 0 Å². The highest BCUT2D eigenvalue weighted by Gasteiger charge is 2.27. The smallest absolute Gasteiger partial charge is 0.137 e.